The maximum Gasteiger partial charge on any atom is 0.322 e. The lowest BCUT2D eigenvalue weighted by atomic mass is 10.1. The first-order valence-corrected chi connectivity index (χ1v) is 8.35. The van der Waals surface area contributed by atoms with Crippen LogP contribution in [0.4, 0.5) is 0 Å². The third kappa shape index (κ3) is 11.8. The summed E-state index contributed by atoms with van der Waals surface area (Å²) in [6.45, 7) is -0.630. The van der Waals surface area contributed by atoms with Crippen molar-refractivity contribution in [2.24, 2.45) is 5.73 Å². The summed E-state index contributed by atoms with van der Waals surface area (Å²) in [6.07, 6.45) is -0.484. The van der Waals surface area contributed by atoms with Crippen molar-refractivity contribution in [3.8, 4) is 0 Å². The molecule has 0 saturated carbocycles. The molecule has 12 heteroatoms. The molecule has 0 fully saturated rings. The Hall–Kier alpha value is -2.34. The minimum absolute atomic E-state index is 0.0372. The highest BCUT2D eigenvalue weighted by Gasteiger charge is 2.22. The second kappa shape index (κ2) is 12.1. The van der Waals surface area contributed by atoms with Crippen molar-refractivity contribution in [3.63, 3.8) is 0 Å². The predicted molar refractivity (Wildman–Crippen MR) is 87.0 cm³/mol. The van der Waals surface area contributed by atoms with Crippen molar-refractivity contribution in [1.82, 2.24) is 10.6 Å². The number of amides is 2. The zero-order valence-corrected chi connectivity index (χ0v) is 14.1. The quantitative estimate of drug-likeness (QED) is 0.196. The van der Waals surface area contributed by atoms with E-state index in [0.29, 0.717) is 0 Å². The summed E-state index contributed by atoms with van der Waals surface area (Å²) in [5.74, 6) is -4.64. The Balaban J connectivity index is 4.55. The molecule has 0 aliphatic rings. The molecule has 25 heavy (non-hydrogen) atoms. The normalized spacial score (nSPS) is 12.7. The molecule has 0 rings (SSSR count). The Morgan fingerprint density at radius 3 is 2.16 bits per heavy atom. The second-order valence-electron chi connectivity index (χ2n) is 4.93. The van der Waals surface area contributed by atoms with Crippen molar-refractivity contribution in [1.29, 1.82) is 0 Å². The summed E-state index contributed by atoms with van der Waals surface area (Å²) >= 11 is 1.10. The van der Waals surface area contributed by atoms with E-state index in [1.165, 1.54) is 0 Å². The lowest BCUT2D eigenvalue weighted by Gasteiger charge is -2.18. The number of nitrogens with one attached hydrogen (secondary N) is 2. The Morgan fingerprint density at radius 2 is 1.64 bits per heavy atom. The van der Waals surface area contributed by atoms with Crippen LogP contribution in [0.25, 0.3) is 0 Å². The van der Waals surface area contributed by atoms with Gasteiger partial charge in [-0.1, -0.05) is 0 Å². The highest BCUT2D eigenvalue weighted by molar-refractivity contribution is 7.99. The molecular formula is C13H21N3O8S. The van der Waals surface area contributed by atoms with Gasteiger partial charge in [0.2, 0.25) is 11.8 Å². The molecule has 2 unspecified atom stereocenters. The monoisotopic (exact) mass is 379 g/mol. The third-order valence-corrected chi connectivity index (χ3v) is 3.87. The van der Waals surface area contributed by atoms with Crippen LogP contribution < -0.4 is 16.4 Å². The van der Waals surface area contributed by atoms with E-state index in [4.69, 9.17) is 21.1 Å². The number of thioether (sulfide) groups is 1. The number of aliphatic carboxylic acids is 3. The number of carboxylic acid groups (broad SMARTS) is 3. The Bertz CT molecular complexity index is 514. The van der Waals surface area contributed by atoms with Gasteiger partial charge in [-0.15, -0.1) is 0 Å². The molecule has 0 spiro atoms. The number of carbonyl (C=O) groups excluding carboxylic acids is 2. The number of nitrogens with two attached hydrogens (primary N) is 1. The Morgan fingerprint density at radius 1 is 1.00 bits per heavy atom. The minimum atomic E-state index is -1.26. The van der Waals surface area contributed by atoms with Crippen molar-refractivity contribution in [3.05, 3.63) is 0 Å². The topological polar surface area (TPSA) is 196 Å². The Kier molecular flexibility index (Phi) is 11.0. The maximum absolute atomic E-state index is 11.9. The van der Waals surface area contributed by atoms with E-state index in [-0.39, 0.29) is 30.8 Å². The van der Waals surface area contributed by atoms with Gasteiger partial charge in [-0.05, 0) is 6.42 Å². The molecule has 0 saturated heterocycles. The highest BCUT2D eigenvalue weighted by atomic mass is 32.2. The van der Waals surface area contributed by atoms with Crippen LogP contribution in [-0.4, -0.2) is 75.2 Å². The largest absolute Gasteiger partial charge is 0.481 e. The Labute approximate surface area is 147 Å². The molecule has 0 aliphatic heterocycles. The van der Waals surface area contributed by atoms with E-state index >= 15 is 0 Å². The molecule has 142 valence electrons. The maximum atomic E-state index is 11.9. The summed E-state index contributed by atoms with van der Waals surface area (Å²) in [6, 6.07) is -2.29. The average molecular weight is 379 g/mol. The van der Waals surface area contributed by atoms with Gasteiger partial charge in [0.1, 0.15) is 18.6 Å². The van der Waals surface area contributed by atoms with E-state index in [9.17, 15) is 24.0 Å². The number of hydrogen-bond acceptors (Lipinski definition) is 7. The van der Waals surface area contributed by atoms with Gasteiger partial charge in [-0.25, -0.2) is 0 Å². The zero-order valence-electron chi connectivity index (χ0n) is 13.3. The minimum Gasteiger partial charge on any atom is -0.481 e. The number of hydrogen-bond donors (Lipinski definition) is 6. The second-order valence-corrected chi connectivity index (χ2v) is 6.08. The molecule has 2 amide bonds. The lowest BCUT2D eigenvalue weighted by molar-refractivity contribution is -0.139. The first-order chi connectivity index (χ1) is 11.6. The predicted octanol–water partition coefficient (Wildman–Crippen LogP) is -1.93. The average Bonchev–Trinajstić information content (AvgIpc) is 2.52. The SMILES string of the molecule is NC(CCC(=O)NC(CSCCC(=O)O)C(=O)NCC(=O)O)C(=O)O. The van der Waals surface area contributed by atoms with Crippen LogP contribution in [0.5, 0.6) is 0 Å². The van der Waals surface area contributed by atoms with Crippen molar-refractivity contribution in [2.75, 3.05) is 18.1 Å². The van der Waals surface area contributed by atoms with Crippen LogP contribution in [0.2, 0.25) is 0 Å². The molecule has 0 bridgehead atoms. The fraction of sp³-hybridized carbons (Fsp3) is 0.615. The van der Waals surface area contributed by atoms with Crippen LogP contribution in [0, 0.1) is 0 Å². The number of rotatable bonds is 13. The van der Waals surface area contributed by atoms with Crippen LogP contribution >= 0.6 is 11.8 Å². The smallest absolute Gasteiger partial charge is 0.322 e. The zero-order chi connectivity index (χ0) is 19.4. The summed E-state index contributed by atoms with van der Waals surface area (Å²) < 4.78 is 0. The van der Waals surface area contributed by atoms with Crippen LogP contribution in [0.3, 0.4) is 0 Å². The standard InChI is InChI=1S/C13H21N3O8S/c14-7(13(23)24)1-2-9(17)16-8(6-25-4-3-10(18)19)12(22)15-5-11(20)21/h7-8H,1-6,14H2,(H,15,22)(H,16,17)(H,18,19)(H,20,21)(H,23,24). The van der Waals surface area contributed by atoms with Crippen molar-refractivity contribution < 1.29 is 39.3 Å². The van der Waals surface area contributed by atoms with E-state index in [1.807, 2.05) is 0 Å². The van der Waals surface area contributed by atoms with E-state index in [0.717, 1.165) is 11.8 Å². The van der Waals surface area contributed by atoms with Gasteiger partial charge in [0, 0.05) is 17.9 Å². The number of carboxylic acids is 3. The summed E-state index contributed by atoms with van der Waals surface area (Å²) in [4.78, 5) is 55.3. The van der Waals surface area contributed by atoms with Crippen LogP contribution in [-0.2, 0) is 24.0 Å². The summed E-state index contributed by atoms with van der Waals surface area (Å²) in [5.41, 5.74) is 5.28. The molecule has 2 atom stereocenters. The molecule has 0 aromatic heterocycles. The first-order valence-electron chi connectivity index (χ1n) is 7.20. The van der Waals surface area contributed by atoms with E-state index in [1.54, 1.807) is 0 Å². The summed E-state index contributed by atoms with van der Waals surface area (Å²) in [5, 5.41) is 30.2. The van der Waals surface area contributed by atoms with Gasteiger partial charge in [0.15, 0.2) is 0 Å². The molecule has 0 heterocycles. The van der Waals surface area contributed by atoms with Crippen LogP contribution in [0.15, 0.2) is 0 Å². The van der Waals surface area contributed by atoms with Gasteiger partial charge in [-0.2, -0.15) is 11.8 Å². The van der Waals surface area contributed by atoms with Gasteiger partial charge < -0.3 is 31.7 Å². The number of carbonyl (C=O) groups is 5. The molecule has 0 radical (unpaired) electrons. The van der Waals surface area contributed by atoms with Gasteiger partial charge in [0.05, 0.1) is 6.42 Å². The summed E-state index contributed by atoms with van der Waals surface area (Å²) in [7, 11) is 0. The van der Waals surface area contributed by atoms with Gasteiger partial charge >= 0.3 is 17.9 Å². The lowest BCUT2D eigenvalue weighted by Crippen LogP contribution is -2.49. The van der Waals surface area contributed by atoms with Crippen LogP contribution in [0.1, 0.15) is 19.3 Å². The fourth-order valence-corrected chi connectivity index (χ4v) is 2.46. The fourth-order valence-electron chi connectivity index (χ4n) is 1.51. The van der Waals surface area contributed by atoms with E-state index < -0.39 is 48.4 Å². The molecule has 11 nitrogen and oxygen atoms in total. The van der Waals surface area contributed by atoms with Crippen molar-refractivity contribution in [2.45, 2.75) is 31.3 Å². The van der Waals surface area contributed by atoms with Crippen molar-refractivity contribution >= 4 is 41.5 Å². The molecule has 0 aliphatic carbocycles. The van der Waals surface area contributed by atoms with E-state index in [2.05, 4.69) is 10.6 Å². The van der Waals surface area contributed by atoms with Gasteiger partial charge in [-0.3, -0.25) is 24.0 Å². The van der Waals surface area contributed by atoms with Gasteiger partial charge in [0.25, 0.3) is 0 Å². The third-order valence-electron chi connectivity index (χ3n) is 2.81. The molecular weight excluding hydrogens is 358 g/mol. The molecule has 0 aromatic rings. The first kappa shape index (κ1) is 22.7. The molecule has 7 N–H and O–H groups in total. The molecule has 0 aromatic carbocycles. The highest BCUT2D eigenvalue weighted by Crippen LogP contribution is 2.06.